The van der Waals surface area contributed by atoms with Crippen molar-refractivity contribution in [2.75, 3.05) is 37.6 Å². The van der Waals surface area contributed by atoms with Gasteiger partial charge in [-0.3, -0.25) is 4.90 Å². The van der Waals surface area contributed by atoms with Crippen LogP contribution in [0.2, 0.25) is 0 Å². The standard InChI is InChI=1S/C27H26N4O5/c28-16-20-14-25-18(4-7-26(32)36-25)13-24(20)31-11-9-30(10-12-31)8-2-1-3-19-17-29-23-6-5-21(15-22(19)23)35-27(33)34/h4-7,13-15,17,29H,1-3,8-12H2,(H,33,34). The summed E-state index contributed by atoms with van der Waals surface area (Å²) in [5.74, 6) is 0.323. The Labute approximate surface area is 207 Å². The van der Waals surface area contributed by atoms with Gasteiger partial charge in [0.15, 0.2) is 0 Å². The zero-order valence-electron chi connectivity index (χ0n) is 19.7. The molecule has 5 rings (SSSR count). The lowest BCUT2D eigenvalue weighted by molar-refractivity contribution is 0.144. The Balaban J connectivity index is 1.14. The molecule has 0 bridgehead atoms. The summed E-state index contributed by atoms with van der Waals surface area (Å²) in [4.78, 5) is 30.2. The zero-order chi connectivity index (χ0) is 25.1. The van der Waals surface area contributed by atoms with Crippen LogP contribution in [0.4, 0.5) is 10.5 Å². The summed E-state index contributed by atoms with van der Waals surface area (Å²) in [7, 11) is 0. The topological polar surface area (TPSA) is 123 Å². The molecule has 1 saturated heterocycles. The molecule has 0 amide bonds. The highest BCUT2D eigenvalue weighted by atomic mass is 16.7. The van der Waals surface area contributed by atoms with Gasteiger partial charge in [0.05, 0.1) is 11.3 Å². The van der Waals surface area contributed by atoms with Crippen molar-refractivity contribution in [3.8, 4) is 11.8 Å². The van der Waals surface area contributed by atoms with Crippen molar-refractivity contribution in [1.29, 1.82) is 5.26 Å². The van der Waals surface area contributed by atoms with E-state index in [1.165, 1.54) is 6.07 Å². The second-order valence-electron chi connectivity index (χ2n) is 8.95. The number of nitriles is 1. The van der Waals surface area contributed by atoms with Crippen molar-refractivity contribution in [1.82, 2.24) is 9.88 Å². The molecule has 3 heterocycles. The van der Waals surface area contributed by atoms with Gasteiger partial charge in [0.2, 0.25) is 0 Å². The number of aromatic amines is 1. The number of aryl methyl sites for hydroxylation is 1. The van der Waals surface area contributed by atoms with Crippen LogP contribution >= 0.6 is 0 Å². The molecule has 0 atom stereocenters. The summed E-state index contributed by atoms with van der Waals surface area (Å²) in [6.07, 6.45) is 3.64. The van der Waals surface area contributed by atoms with Gasteiger partial charge in [-0.1, -0.05) is 0 Å². The molecular formula is C27H26N4O5. The molecule has 2 N–H and O–H groups in total. The maximum absolute atomic E-state index is 11.5. The quantitative estimate of drug-likeness (QED) is 0.171. The number of anilines is 1. The largest absolute Gasteiger partial charge is 0.511 e. The summed E-state index contributed by atoms with van der Waals surface area (Å²) in [6, 6.07) is 14.2. The van der Waals surface area contributed by atoms with E-state index >= 15 is 0 Å². The number of fused-ring (bicyclic) bond motifs is 2. The van der Waals surface area contributed by atoms with Gasteiger partial charge in [0.1, 0.15) is 17.4 Å². The van der Waals surface area contributed by atoms with Gasteiger partial charge in [-0.25, -0.2) is 9.59 Å². The lowest BCUT2D eigenvalue weighted by atomic mass is 10.1. The van der Waals surface area contributed by atoms with E-state index in [0.717, 1.165) is 79.5 Å². The van der Waals surface area contributed by atoms with Gasteiger partial charge in [-0.05, 0) is 61.7 Å². The first kappa shape index (κ1) is 23.5. The third-order valence-electron chi connectivity index (χ3n) is 6.69. The number of nitrogens with zero attached hydrogens (tertiary/aromatic N) is 3. The normalized spacial score (nSPS) is 14.2. The van der Waals surface area contributed by atoms with Crippen molar-refractivity contribution in [3.63, 3.8) is 0 Å². The van der Waals surface area contributed by atoms with Crippen molar-refractivity contribution in [2.24, 2.45) is 0 Å². The van der Waals surface area contributed by atoms with Crippen LogP contribution in [0.15, 0.2) is 57.9 Å². The van der Waals surface area contributed by atoms with Crippen LogP contribution in [-0.4, -0.2) is 53.9 Å². The Morgan fingerprint density at radius 2 is 1.94 bits per heavy atom. The van der Waals surface area contributed by atoms with Crippen molar-refractivity contribution < 1.29 is 19.1 Å². The number of benzene rings is 2. The average molecular weight is 487 g/mol. The van der Waals surface area contributed by atoms with Crippen LogP contribution in [0.25, 0.3) is 21.9 Å². The van der Waals surface area contributed by atoms with E-state index < -0.39 is 11.8 Å². The summed E-state index contributed by atoms with van der Waals surface area (Å²) in [5.41, 5.74) is 3.52. The van der Waals surface area contributed by atoms with Gasteiger partial charge in [0.25, 0.3) is 0 Å². The number of H-pyrrole nitrogens is 1. The minimum absolute atomic E-state index is 0.323. The highest BCUT2D eigenvalue weighted by molar-refractivity contribution is 5.85. The summed E-state index contributed by atoms with van der Waals surface area (Å²) in [6.45, 7) is 4.47. The van der Waals surface area contributed by atoms with Crippen LogP contribution in [0.5, 0.6) is 5.75 Å². The third-order valence-corrected chi connectivity index (χ3v) is 6.69. The number of carboxylic acid groups (broad SMARTS) is 1. The van der Waals surface area contributed by atoms with E-state index in [0.29, 0.717) is 16.9 Å². The SMILES string of the molecule is N#Cc1cc2oc(=O)ccc2cc1N1CCN(CCCCc2c[nH]c3ccc(OC(=O)O)cc23)CC1. The van der Waals surface area contributed by atoms with Crippen molar-refractivity contribution in [3.05, 3.63) is 70.2 Å². The molecule has 9 heteroatoms. The Morgan fingerprint density at radius 1 is 1.11 bits per heavy atom. The smallest absolute Gasteiger partial charge is 0.449 e. The second kappa shape index (κ2) is 10.1. The first-order chi connectivity index (χ1) is 17.5. The molecule has 0 aliphatic carbocycles. The lowest BCUT2D eigenvalue weighted by Crippen LogP contribution is -2.46. The highest BCUT2D eigenvalue weighted by Crippen LogP contribution is 2.28. The molecule has 2 aromatic carbocycles. The molecule has 9 nitrogen and oxygen atoms in total. The molecule has 36 heavy (non-hydrogen) atoms. The fourth-order valence-corrected chi connectivity index (χ4v) is 4.85. The minimum atomic E-state index is -1.32. The first-order valence-electron chi connectivity index (χ1n) is 12.0. The van der Waals surface area contributed by atoms with Gasteiger partial charge >= 0.3 is 11.8 Å². The number of rotatable bonds is 7. The highest BCUT2D eigenvalue weighted by Gasteiger charge is 2.20. The Morgan fingerprint density at radius 3 is 2.72 bits per heavy atom. The monoisotopic (exact) mass is 486 g/mol. The van der Waals surface area contributed by atoms with E-state index in [4.69, 9.17) is 14.3 Å². The number of nitrogens with one attached hydrogen (secondary N) is 1. The third kappa shape index (κ3) is 5.04. The number of piperazine rings is 1. The molecule has 1 aliphatic rings. The number of ether oxygens (including phenoxy) is 1. The number of hydrogen-bond donors (Lipinski definition) is 2. The van der Waals surface area contributed by atoms with E-state index in [1.54, 1.807) is 24.3 Å². The molecule has 0 spiro atoms. The number of aromatic nitrogens is 1. The minimum Gasteiger partial charge on any atom is -0.449 e. The Kier molecular flexibility index (Phi) is 6.60. The maximum Gasteiger partial charge on any atom is 0.511 e. The number of unbranched alkanes of at least 4 members (excludes halogenated alkanes) is 1. The summed E-state index contributed by atoms with van der Waals surface area (Å²) in [5, 5.41) is 20.3. The molecule has 184 valence electrons. The van der Waals surface area contributed by atoms with Gasteiger partial charge in [-0.2, -0.15) is 5.26 Å². The number of hydrogen-bond acceptors (Lipinski definition) is 7. The molecule has 0 saturated carbocycles. The van der Waals surface area contributed by atoms with Crippen LogP contribution in [0.3, 0.4) is 0 Å². The lowest BCUT2D eigenvalue weighted by Gasteiger charge is -2.36. The molecular weight excluding hydrogens is 460 g/mol. The van der Waals surface area contributed by atoms with Gasteiger partial charge in [0, 0.05) is 60.8 Å². The molecule has 0 unspecified atom stereocenters. The van der Waals surface area contributed by atoms with Crippen LogP contribution in [-0.2, 0) is 6.42 Å². The Bertz CT molecular complexity index is 1510. The average Bonchev–Trinajstić information content (AvgIpc) is 3.28. The molecule has 4 aromatic rings. The second-order valence-corrected chi connectivity index (χ2v) is 8.95. The fraction of sp³-hybridized carbons (Fsp3) is 0.296. The predicted octanol–water partition coefficient (Wildman–Crippen LogP) is 4.35. The van der Waals surface area contributed by atoms with E-state index in [9.17, 15) is 14.9 Å². The van der Waals surface area contributed by atoms with Gasteiger partial charge in [-0.15, -0.1) is 0 Å². The maximum atomic E-state index is 11.5. The molecule has 2 aromatic heterocycles. The van der Waals surface area contributed by atoms with Crippen LogP contribution < -0.4 is 15.3 Å². The summed E-state index contributed by atoms with van der Waals surface area (Å²) >= 11 is 0. The fourth-order valence-electron chi connectivity index (χ4n) is 4.85. The van der Waals surface area contributed by atoms with Crippen LogP contribution in [0, 0.1) is 11.3 Å². The molecule has 1 aliphatic heterocycles. The molecule has 0 radical (unpaired) electrons. The zero-order valence-corrected chi connectivity index (χ0v) is 19.7. The van der Waals surface area contributed by atoms with Gasteiger partial charge < -0.3 is 24.1 Å². The molecule has 1 fully saturated rings. The van der Waals surface area contributed by atoms with E-state index in [2.05, 4.69) is 20.9 Å². The van der Waals surface area contributed by atoms with E-state index in [1.807, 2.05) is 18.3 Å². The first-order valence-corrected chi connectivity index (χ1v) is 12.0. The number of carbonyl (C=O) groups is 1. The van der Waals surface area contributed by atoms with Crippen LogP contribution in [0.1, 0.15) is 24.0 Å². The Hall–Kier alpha value is -4.29. The van der Waals surface area contributed by atoms with Crippen molar-refractivity contribution >= 4 is 33.7 Å². The summed E-state index contributed by atoms with van der Waals surface area (Å²) < 4.78 is 10.0. The van der Waals surface area contributed by atoms with E-state index in [-0.39, 0.29) is 0 Å². The predicted molar refractivity (Wildman–Crippen MR) is 136 cm³/mol. The van der Waals surface area contributed by atoms with Crippen molar-refractivity contribution in [2.45, 2.75) is 19.3 Å².